The largest absolute Gasteiger partial charge is 0.396 e. The summed E-state index contributed by atoms with van der Waals surface area (Å²) in [7, 11) is 0. The van der Waals surface area contributed by atoms with Gasteiger partial charge in [-0.15, -0.1) is 0 Å². The van der Waals surface area contributed by atoms with E-state index in [0.717, 1.165) is 11.3 Å². The number of amides is 2. The zero-order valence-corrected chi connectivity index (χ0v) is 11.9. The van der Waals surface area contributed by atoms with Crippen LogP contribution in [-0.4, -0.2) is 24.3 Å². The van der Waals surface area contributed by atoms with Gasteiger partial charge in [0.25, 0.3) is 0 Å². The Balaban J connectivity index is 1.87. The highest BCUT2D eigenvalue weighted by atomic mass is 32.1. The Morgan fingerprint density at radius 1 is 1.25 bits per heavy atom. The van der Waals surface area contributed by atoms with E-state index in [4.69, 9.17) is 5.11 Å². The number of carbonyl (C=O) groups is 1. The van der Waals surface area contributed by atoms with Crippen molar-refractivity contribution in [2.75, 3.05) is 18.5 Å². The number of urea groups is 1. The van der Waals surface area contributed by atoms with E-state index in [9.17, 15) is 4.79 Å². The van der Waals surface area contributed by atoms with E-state index in [1.54, 1.807) is 0 Å². The maximum Gasteiger partial charge on any atom is 0.319 e. The molecule has 0 aliphatic carbocycles. The van der Waals surface area contributed by atoms with Crippen LogP contribution >= 0.6 is 11.3 Å². The molecule has 2 aromatic rings. The molecule has 0 saturated carbocycles. The predicted molar refractivity (Wildman–Crippen MR) is 82.2 cm³/mol. The second-order valence-electron chi connectivity index (χ2n) is 4.47. The third-order valence-electron chi connectivity index (χ3n) is 3.04. The molecule has 0 aliphatic heterocycles. The number of thiophene rings is 1. The fourth-order valence-corrected chi connectivity index (χ4v) is 2.58. The van der Waals surface area contributed by atoms with Crippen LogP contribution in [0, 0.1) is 0 Å². The minimum Gasteiger partial charge on any atom is -0.396 e. The molecule has 4 nitrogen and oxygen atoms in total. The summed E-state index contributed by atoms with van der Waals surface area (Å²) < 4.78 is 0. The average Bonchev–Trinajstić information content (AvgIpc) is 2.97. The number of nitrogens with one attached hydrogen (secondary N) is 2. The number of anilines is 1. The summed E-state index contributed by atoms with van der Waals surface area (Å²) in [6.07, 6.45) is 0.628. The number of hydrogen-bond donors (Lipinski definition) is 3. The first kappa shape index (κ1) is 14.6. The third kappa shape index (κ3) is 4.36. The Kier molecular flexibility index (Phi) is 5.58. The second-order valence-corrected chi connectivity index (χ2v) is 5.25. The molecule has 1 unspecified atom stereocenters. The van der Waals surface area contributed by atoms with E-state index in [-0.39, 0.29) is 18.6 Å². The van der Waals surface area contributed by atoms with E-state index in [0.29, 0.717) is 13.0 Å². The van der Waals surface area contributed by atoms with Crippen LogP contribution in [-0.2, 0) is 0 Å². The maximum atomic E-state index is 11.8. The molecule has 0 aliphatic rings. The summed E-state index contributed by atoms with van der Waals surface area (Å²) in [5.41, 5.74) is 1.92. The van der Waals surface area contributed by atoms with E-state index in [2.05, 4.69) is 10.6 Å². The second kappa shape index (κ2) is 7.67. The minimum absolute atomic E-state index is 0.105. The van der Waals surface area contributed by atoms with E-state index < -0.39 is 0 Å². The molecule has 20 heavy (non-hydrogen) atoms. The topological polar surface area (TPSA) is 61.4 Å². The van der Waals surface area contributed by atoms with E-state index >= 15 is 0 Å². The van der Waals surface area contributed by atoms with Gasteiger partial charge >= 0.3 is 6.03 Å². The average molecular weight is 290 g/mol. The number of benzene rings is 1. The maximum absolute atomic E-state index is 11.8. The van der Waals surface area contributed by atoms with Gasteiger partial charge in [0.1, 0.15) is 0 Å². The number of hydrogen-bond acceptors (Lipinski definition) is 3. The van der Waals surface area contributed by atoms with Gasteiger partial charge in [0, 0.05) is 24.4 Å². The van der Waals surface area contributed by atoms with Crippen molar-refractivity contribution in [3.05, 3.63) is 52.7 Å². The Hall–Kier alpha value is -1.85. The van der Waals surface area contributed by atoms with Crippen molar-refractivity contribution in [3.8, 4) is 0 Å². The summed E-state index contributed by atoms with van der Waals surface area (Å²) in [6, 6.07) is 11.5. The molecule has 0 fully saturated rings. The minimum atomic E-state index is -0.220. The fourth-order valence-electron chi connectivity index (χ4n) is 1.99. The first-order valence-electron chi connectivity index (χ1n) is 6.52. The van der Waals surface area contributed by atoms with Crippen molar-refractivity contribution in [1.82, 2.24) is 5.32 Å². The first-order valence-corrected chi connectivity index (χ1v) is 7.46. The highest BCUT2D eigenvalue weighted by Crippen LogP contribution is 2.18. The lowest BCUT2D eigenvalue weighted by molar-refractivity contribution is 0.248. The molecule has 106 valence electrons. The number of carbonyl (C=O) groups excluding carboxylic acids is 1. The molecule has 1 heterocycles. The molecule has 2 rings (SSSR count). The van der Waals surface area contributed by atoms with Gasteiger partial charge in [0.2, 0.25) is 0 Å². The van der Waals surface area contributed by atoms with Crippen LogP contribution in [0.2, 0.25) is 0 Å². The number of rotatable bonds is 6. The van der Waals surface area contributed by atoms with E-state index in [1.807, 2.05) is 47.2 Å². The van der Waals surface area contributed by atoms with Crippen molar-refractivity contribution in [1.29, 1.82) is 0 Å². The molecule has 0 saturated heterocycles. The first-order chi connectivity index (χ1) is 9.79. The van der Waals surface area contributed by atoms with Crippen LogP contribution in [0.1, 0.15) is 17.9 Å². The van der Waals surface area contributed by atoms with Gasteiger partial charge < -0.3 is 15.7 Å². The highest BCUT2D eigenvalue weighted by molar-refractivity contribution is 7.08. The van der Waals surface area contributed by atoms with Crippen molar-refractivity contribution in [2.24, 2.45) is 0 Å². The van der Waals surface area contributed by atoms with Gasteiger partial charge in [0.15, 0.2) is 0 Å². The molecule has 1 atom stereocenters. The summed E-state index contributed by atoms with van der Waals surface area (Å²) in [5, 5.41) is 18.5. The SMILES string of the molecule is O=C(NCC(CCO)c1ccccc1)Nc1ccsc1. The lowest BCUT2D eigenvalue weighted by Gasteiger charge is -2.17. The molecule has 2 amide bonds. The smallest absolute Gasteiger partial charge is 0.319 e. The summed E-state index contributed by atoms with van der Waals surface area (Å²) in [5.74, 6) is 0.120. The van der Waals surface area contributed by atoms with Gasteiger partial charge in [-0.1, -0.05) is 30.3 Å². The molecule has 0 bridgehead atoms. The predicted octanol–water partition coefficient (Wildman–Crippen LogP) is 3.04. The van der Waals surface area contributed by atoms with Crippen LogP contribution in [0.3, 0.4) is 0 Å². The molecule has 1 aromatic carbocycles. The Morgan fingerprint density at radius 3 is 2.70 bits per heavy atom. The Labute approximate surface area is 122 Å². The van der Waals surface area contributed by atoms with Gasteiger partial charge in [-0.2, -0.15) is 11.3 Å². The Bertz CT molecular complexity index is 514. The van der Waals surface area contributed by atoms with E-state index in [1.165, 1.54) is 11.3 Å². The zero-order chi connectivity index (χ0) is 14.2. The van der Waals surface area contributed by atoms with Gasteiger partial charge in [-0.3, -0.25) is 0 Å². The number of aliphatic hydroxyl groups excluding tert-OH is 1. The molecular weight excluding hydrogens is 272 g/mol. The van der Waals surface area contributed by atoms with Crippen LogP contribution in [0.4, 0.5) is 10.5 Å². The van der Waals surface area contributed by atoms with Gasteiger partial charge in [-0.25, -0.2) is 4.79 Å². The lowest BCUT2D eigenvalue weighted by Crippen LogP contribution is -2.32. The van der Waals surface area contributed by atoms with Crippen LogP contribution in [0.5, 0.6) is 0 Å². The zero-order valence-electron chi connectivity index (χ0n) is 11.1. The van der Waals surface area contributed by atoms with Crippen molar-refractivity contribution >= 4 is 23.1 Å². The van der Waals surface area contributed by atoms with Crippen molar-refractivity contribution in [3.63, 3.8) is 0 Å². The lowest BCUT2D eigenvalue weighted by atomic mass is 9.96. The summed E-state index contributed by atoms with van der Waals surface area (Å²) in [4.78, 5) is 11.8. The molecule has 5 heteroatoms. The van der Waals surface area contributed by atoms with Crippen LogP contribution in [0.25, 0.3) is 0 Å². The Morgan fingerprint density at radius 2 is 2.05 bits per heavy atom. The van der Waals surface area contributed by atoms with Crippen LogP contribution < -0.4 is 10.6 Å². The normalized spacial score (nSPS) is 11.8. The molecule has 3 N–H and O–H groups in total. The third-order valence-corrected chi connectivity index (χ3v) is 3.72. The molecule has 0 spiro atoms. The van der Waals surface area contributed by atoms with Gasteiger partial charge in [-0.05, 0) is 23.4 Å². The van der Waals surface area contributed by atoms with Crippen LogP contribution in [0.15, 0.2) is 47.2 Å². The summed E-state index contributed by atoms with van der Waals surface area (Å²) in [6.45, 7) is 0.605. The highest BCUT2D eigenvalue weighted by Gasteiger charge is 2.12. The molecule has 1 aromatic heterocycles. The summed E-state index contributed by atoms with van der Waals surface area (Å²) >= 11 is 1.54. The van der Waals surface area contributed by atoms with Crippen molar-refractivity contribution < 1.29 is 9.90 Å². The standard InChI is InChI=1S/C15H18N2O2S/c18-8-6-13(12-4-2-1-3-5-12)10-16-15(19)17-14-7-9-20-11-14/h1-5,7,9,11,13,18H,6,8,10H2,(H2,16,17,19). The fraction of sp³-hybridized carbons (Fsp3) is 0.267. The monoisotopic (exact) mass is 290 g/mol. The quantitative estimate of drug-likeness (QED) is 0.766. The van der Waals surface area contributed by atoms with Gasteiger partial charge in [0.05, 0.1) is 5.69 Å². The molecule has 0 radical (unpaired) electrons. The van der Waals surface area contributed by atoms with Crippen molar-refractivity contribution in [2.45, 2.75) is 12.3 Å². The molecular formula is C15H18N2O2S. The number of aliphatic hydroxyl groups is 1.